The number of nitrogens with zero attached hydrogens (tertiary/aromatic N) is 4. The van der Waals surface area contributed by atoms with Crippen molar-refractivity contribution in [2.45, 2.75) is 17.4 Å². The number of hydrogen-bond donors (Lipinski definition) is 0. The largest absolute Gasteiger partial charge is 0.495 e. The van der Waals surface area contributed by atoms with Gasteiger partial charge in [-0.3, -0.25) is 0 Å². The molecule has 4 rings (SSSR count). The molecule has 8 heteroatoms. The standard InChI is InChI=1S/C19H20N4O3S/c1-26-18-9-5-6-10-19(18)27(24,25)22-12-11-16(13-22)23-14-17(20-21-23)15-7-3-2-4-8-15/h2-10,14,16H,11-13H2,1H3. The van der Waals surface area contributed by atoms with Crippen molar-refractivity contribution >= 4 is 10.0 Å². The van der Waals surface area contributed by atoms with E-state index in [2.05, 4.69) is 10.3 Å². The number of hydrogen-bond acceptors (Lipinski definition) is 5. The van der Waals surface area contributed by atoms with Gasteiger partial charge >= 0.3 is 0 Å². The molecule has 2 aromatic carbocycles. The summed E-state index contributed by atoms with van der Waals surface area (Å²) >= 11 is 0. The minimum atomic E-state index is -3.62. The maximum atomic E-state index is 13.0. The maximum Gasteiger partial charge on any atom is 0.246 e. The molecule has 0 N–H and O–H groups in total. The van der Waals surface area contributed by atoms with E-state index >= 15 is 0 Å². The van der Waals surface area contributed by atoms with Crippen molar-refractivity contribution in [3.05, 3.63) is 60.8 Å². The molecule has 27 heavy (non-hydrogen) atoms. The zero-order valence-electron chi connectivity index (χ0n) is 14.9. The highest BCUT2D eigenvalue weighted by Gasteiger charge is 2.35. The number of methoxy groups -OCH3 is 1. The molecule has 0 bridgehead atoms. The van der Waals surface area contributed by atoms with E-state index in [9.17, 15) is 8.42 Å². The van der Waals surface area contributed by atoms with E-state index in [0.717, 1.165) is 11.3 Å². The molecular formula is C19H20N4O3S. The number of aromatic nitrogens is 3. The quantitative estimate of drug-likeness (QED) is 0.676. The zero-order valence-corrected chi connectivity index (χ0v) is 15.7. The highest BCUT2D eigenvalue weighted by atomic mass is 32.2. The smallest absolute Gasteiger partial charge is 0.246 e. The normalized spacial score (nSPS) is 17.9. The van der Waals surface area contributed by atoms with E-state index in [-0.39, 0.29) is 10.9 Å². The van der Waals surface area contributed by atoms with Crippen molar-refractivity contribution < 1.29 is 13.2 Å². The van der Waals surface area contributed by atoms with Gasteiger partial charge in [-0.05, 0) is 18.6 Å². The van der Waals surface area contributed by atoms with Gasteiger partial charge in [-0.15, -0.1) is 5.10 Å². The Kier molecular flexibility index (Phi) is 4.67. The van der Waals surface area contributed by atoms with Crippen LogP contribution in [0.2, 0.25) is 0 Å². The molecule has 0 radical (unpaired) electrons. The Hall–Kier alpha value is -2.71. The average Bonchev–Trinajstić information content (AvgIpc) is 3.38. The van der Waals surface area contributed by atoms with Crippen molar-refractivity contribution in [2.75, 3.05) is 20.2 Å². The van der Waals surface area contributed by atoms with Crippen molar-refractivity contribution in [2.24, 2.45) is 0 Å². The third-order valence-corrected chi connectivity index (χ3v) is 6.67. The van der Waals surface area contributed by atoms with Crippen molar-refractivity contribution in [3.8, 4) is 17.0 Å². The summed E-state index contributed by atoms with van der Waals surface area (Å²) < 4.78 is 34.5. The van der Waals surface area contributed by atoms with E-state index in [4.69, 9.17) is 4.74 Å². The predicted molar refractivity (Wildman–Crippen MR) is 101 cm³/mol. The highest BCUT2D eigenvalue weighted by molar-refractivity contribution is 7.89. The molecule has 1 saturated heterocycles. The van der Waals surface area contributed by atoms with Crippen molar-refractivity contribution in [1.82, 2.24) is 19.3 Å². The van der Waals surface area contributed by atoms with E-state index in [1.807, 2.05) is 36.5 Å². The van der Waals surface area contributed by atoms with Crippen molar-refractivity contribution in [1.29, 1.82) is 0 Å². The molecule has 1 unspecified atom stereocenters. The molecule has 0 amide bonds. The number of ether oxygens (including phenoxy) is 1. The summed E-state index contributed by atoms with van der Waals surface area (Å²) in [5.74, 6) is 0.355. The summed E-state index contributed by atoms with van der Waals surface area (Å²) in [6.07, 6.45) is 2.56. The summed E-state index contributed by atoms with van der Waals surface area (Å²) in [6, 6.07) is 16.4. The molecular weight excluding hydrogens is 364 g/mol. The van der Waals surface area contributed by atoms with E-state index in [1.54, 1.807) is 28.9 Å². The Labute approximate surface area is 158 Å². The monoisotopic (exact) mass is 384 g/mol. The molecule has 1 aliphatic rings. The first-order valence-electron chi connectivity index (χ1n) is 8.70. The van der Waals surface area contributed by atoms with Gasteiger partial charge in [-0.2, -0.15) is 4.31 Å². The van der Waals surface area contributed by atoms with Gasteiger partial charge in [0.05, 0.1) is 19.3 Å². The average molecular weight is 384 g/mol. The highest BCUT2D eigenvalue weighted by Crippen LogP contribution is 2.31. The van der Waals surface area contributed by atoms with Crippen LogP contribution in [0.3, 0.4) is 0 Å². The van der Waals surface area contributed by atoms with Crippen LogP contribution >= 0.6 is 0 Å². The summed E-state index contributed by atoms with van der Waals surface area (Å²) in [5, 5.41) is 8.45. The van der Waals surface area contributed by atoms with Crippen LogP contribution in [0.4, 0.5) is 0 Å². The fourth-order valence-electron chi connectivity index (χ4n) is 3.31. The Morgan fingerprint density at radius 1 is 1.07 bits per heavy atom. The third-order valence-electron chi connectivity index (χ3n) is 4.77. The van der Waals surface area contributed by atoms with Crippen LogP contribution in [0.1, 0.15) is 12.5 Å². The molecule has 1 aliphatic heterocycles. The van der Waals surface area contributed by atoms with Gasteiger partial charge in [-0.1, -0.05) is 47.7 Å². The number of para-hydroxylation sites is 1. The van der Waals surface area contributed by atoms with E-state index < -0.39 is 10.0 Å². The van der Waals surface area contributed by atoms with Gasteiger partial charge in [0.25, 0.3) is 0 Å². The second-order valence-electron chi connectivity index (χ2n) is 6.41. The first-order valence-corrected chi connectivity index (χ1v) is 10.1. The number of rotatable bonds is 5. The molecule has 0 spiro atoms. The van der Waals surface area contributed by atoms with E-state index in [1.165, 1.54) is 11.4 Å². The molecule has 0 saturated carbocycles. The topological polar surface area (TPSA) is 77.3 Å². The Morgan fingerprint density at radius 2 is 1.81 bits per heavy atom. The molecule has 140 valence electrons. The minimum absolute atomic E-state index is 0.0422. The van der Waals surface area contributed by atoms with Gasteiger partial charge in [-0.25, -0.2) is 13.1 Å². The van der Waals surface area contributed by atoms with Crippen LogP contribution in [0, 0.1) is 0 Å². The summed E-state index contributed by atoms with van der Waals surface area (Å²) in [7, 11) is -2.15. The summed E-state index contributed by atoms with van der Waals surface area (Å²) in [4.78, 5) is 0.191. The molecule has 1 aromatic heterocycles. The molecule has 2 heterocycles. The van der Waals surface area contributed by atoms with Crippen LogP contribution in [-0.2, 0) is 10.0 Å². The Balaban J connectivity index is 1.55. The van der Waals surface area contributed by atoms with Crippen LogP contribution in [0.5, 0.6) is 5.75 Å². The van der Waals surface area contributed by atoms with Gasteiger partial charge in [0.15, 0.2) is 0 Å². The Morgan fingerprint density at radius 3 is 2.59 bits per heavy atom. The van der Waals surface area contributed by atoms with Gasteiger partial charge in [0.1, 0.15) is 16.3 Å². The van der Waals surface area contributed by atoms with Crippen molar-refractivity contribution in [3.63, 3.8) is 0 Å². The lowest BCUT2D eigenvalue weighted by molar-refractivity contribution is 0.395. The molecule has 1 fully saturated rings. The third kappa shape index (κ3) is 3.33. The van der Waals surface area contributed by atoms with E-state index in [0.29, 0.717) is 25.3 Å². The second-order valence-corrected chi connectivity index (χ2v) is 8.31. The molecule has 3 aromatic rings. The maximum absolute atomic E-state index is 13.0. The minimum Gasteiger partial charge on any atom is -0.495 e. The number of benzene rings is 2. The lowest BCUT2D eigenvalue weighted by atomic mass is 10.2. The SMILES string of the molecule is COc1ccccc1S(=O)(=O)N1CCC(n2cc(-c3ccccc3)nn2)C1. The van der Waals surface area contributed by atoms with Crippen LogP contribution < -0.4 is 4.74 Å². The van der Waals surface area contributed by atoms with Crippen LogP contribution in [0.15, 0.2) is 65.7 Å². The second kappa shape index (κ2) is 7.13. The fraction of sp³-hybridized carbons (Fsp3) is 0.263. The molecule has 1 atom stereocenters. The summed E-state index contributed by atoms with van der Waals surface area (Å²) in [5.41, 5.74) is 1.77. The first kappa shape index (κ1) is 17.7. The number of sulfonamides is 1. The van der Waals surface area contributed by atoms with Gasteiger partial charge < -0.3 is 4.74 Å². The van der Waals surface area contributed by atoms with Gasteiger partial charge in [0.2, 0.25) is 10.0 Å². The van der Waals surface area contributed by atoms with Crippen LogP contribution in [0.25, 0.3) is 11.3 Å². The lowest BCUT2D eigenvalue weighted by Gasteiger charge is -2.18. The van der Waals surface area contributed by atoms with Crippen LogP contribution in [-0.4, -0.2) is 47.9 Å². The molecule has 7 nitrogen and oxygen atoms in total. The predicted octanol–water partition coefficient (Wildman–Crippen LogP) is 2.59. The summed E-state index contributed by atoms with van der Waals surface area (Å²) in [6.45, 7) is 0.795. The lowest BCUT2D eigenvalue weighted by Crippen LogP contribution is -2.29. The molecule has 0 aliphatic carbocycles. The first-order chi connectivity index (χ1) is 13.1. The van der Waals surface area contributed by atoms with Gasteiger partial charge in [0, 0.05) is 18.7 Å². The fourth-order valence-corrected chi connectivity index (χ4v) is 4.96. The Bertz CT molecular complexity index is 1030. The zero-order chi connectivity index (χ0) is 18.9.